The molecule has 0 heterocycles. The van der Waals surface area contributed by atoms with Crippen molar-refractivity contribution in [2.75, 3.05) is 0 Å². The van der Waals surface area contributed by atoms with Crippen LogP contribution in [0.25, 0.3) is 61.0 Å². The van der Waals surface area contributed by atoms with E-state index in [9.17, 15) is 0 Å². The molecule has 0 aliphatic rings. The molecular weight excluding hydrogens is 455 g/mol. The Labute approximate surface area is 225 Å². The summed E-state index contributed by atoms with van der Waals surface area (Å²) in [5, 5.41) is 7.60. The first-order valence-corrected chi connectivity index (χ1v) is 13.3. The maximum absolute atomic E-state index is 2.28. The fourth-order valence-electron chi connectivity index (χ4n) is 5.57. The van der Waals surface area contributed by atoms with Gasteiger partial charge in [0.15, 0.2) is 0 Å². The van der Waals surface area contributed by atoms with Crippen molar-refractivity contribution in [2.45, 2.75) is 13.7 Å². The van der Waals surface area contributed by atoms with E-state index in [2.05, 4.69) is 160 Å². The molecule has 0 unspecified atom stereocenters. The van der Waals surface area contributed by atoms with Crippen LogP contribution in [0.2, 0.25) is 6.82 Å². The van der Waals surface area contributed by atoms with Crippen molar-refractivity contribution in [3.63, 3.8) is 0 Å². The molecule has 0 saturated heterocycles. The van der Waals surface area contributed by atoms with E-state index in [0.29, 0.717) is 0 Å². The van der Waals surface area contributed by atoms with Crippen LogP contribution >= 0.6 is 0 Å². The molecule has 0 aromatic heterocycles. The Morgan fingerprint density at radius 3 is 1.82 bits per heavy atom. The van der Waals surface area contributed by atoms with Crippen LogP contribution in [-0.4, -0.2) is 6.92 Å². The molecule has 0 amide bonds. The molecule has 0 aliphatic heterocycles. The van der Waals surface area contributed by atoms with Crippen LogP contribution < -0.4 is 5.22 Å². The van der Waals surface area contributed by atoms with Crippen molar-refractivity contribution in [1.29, 1.82) is 0 Å². The maximum atomic E-state index is 2.28. The number of hydrogen-bond acceptors (Lipinski definition) is 0. The monoisotopic (exact) mass is 484 g/mol. The summed E-state index contributed by atoms with van der Waals surface area (Å²) in [6.07, 6.45) is 6.51. The second-order valence-corrected chi connectivity index (χ2v) is 9.61. The molecule has 6 aromatic rings. The van der Waals surface area contributed by atoms with Gasteiger partial charge in [-0.3, -0.25) is 0 Å². The topological polar surface area (TPSA) is 0 Å². The molecule has 0 nitrogen and oxygen atoms in total. The summed E-state index contributed by atoms with van der Waals surface area (Å²) in [5.41, 5.74) is 7.50. The second-order valence-electron chi connectivity index (χ2n) is 9.61. The third-order valence-corrected chi connectivity index (χ3v) is 7.36. The summed E-state index contributed by atoms with van der Waals surface area (Å²) >= 11 is 0. The summed E-state index contributed by atoms with van der Waals surface area (Å²) < 4.78 is 0. The predicted octanol–water partition coefficient (Wildman–Crippen LogP) is 9.35. The Kier molecular flexibility index (Phi) is 6.59. The van der Waals surface area contributed by atoms with E-state index in [0.717, 1.165) is 0 Å². The molecule has 180 valence electrons. The molecule has 0 spiro atoms. The average molecular weight is 484 g/mol. The Balaban J connectivity index is 1.60. The first-order valence-electron chi connectivity index (χ1n) is 13.3. The van der Waals surface area contributed by atoms with Gasteiger partial charge in [-0.2, -0.15) is 0 Å². The van der Waals surface area contributed by atoms with Gasteiger partial charge >= 0.3 is 225 Å². The van der Waals surface area contributed by atoms with E-state index in [1.165, 1.54) is 65.3 Å². The van der Waals surface area contributed by atoms with E-state index >= 15 is 0 Å². The van der Waals surface area contributed by atoms with Gasteiger partial charge in [-0.05, 0) is 0 Å². The van der Waals surface area contributed by atoms with Crippen LogP contribution in [0.15, 0.2) is 133 Å². The van der Waals surface area contributed by atoms with Crippen molar-refractivity contribution in [1.82, 2.24) is 0 Å². The van der Waals surface area contributed by atoms with Crippen molar-refractivity contribution >= 4 is 34.5 Å². The minimum atomic E-state index is 1.23. The van der Waals surface area contributed by atoms with E-state index in [1.54, 1.807) is 0 Å². The molecule has 6 aromatic carbocycles. The zero-order chi connectivity index (χ0) is 25.9. The molecule has 0 saturated carbocycles. The van der Waals surface area contributed by atoms with Crippen molar-refractivity contribution in [3.05, 3.63) is 144 Å². The van der Waals surface area contributed by atoms with Crippen LogP contribution in [0.4, 0.5) is 0 Å². The Bertz CT molecular complexity index is 1910. The van der Waals surface area contributed by atoms with Gasteiger partial charge in [-0.25, -0.2) is 0 Å². The summed E-state index contributed by atoms with van der Waals surface area (Å²) in [7, 11) is 0. The Morgan fingerprint density at radius 1 is 0.526 bits per heavy atom. The van der Waals surface area contributed by atoms with Crippen LogP contribution in [0.1, 0.15) is 6.92 Å². The normalized spacial score (nSPS) is 12.5. The zero-order valence-corrected chi connectivity index (χ0v) is 21.9. The Morgan fingerprint density at radius 2 is 1.11 bits per heavy atom. The van der Waals surface area contributed by atoms with Gasteiger partial charge in [0, 0.05) is 0 Å². The van der Waals surface area contributed by atoms with Crippen LogP contribution in [0.3, 0.4) is 0 Å². The standard InChI is InChI=1S/C37H29B/c1-3-4-16-34-35(28-13-6-5-7-14-28)32-17-10-11-18-33(32)36(37(34)38-2)29-22-19-27(20-23-29)31-24-21-26-12-8-9-15-30(26)25-31/h3-25H,1-2H3/b4-3-,34-16-. The SMILES string of the molecule is C/B=c1/c(-c2ccc(-c3ccc4ccccc4c3)cc2)c2ccccc2c(-c2ccccc2)/c1=C/C=C\C. The van der Waals surface area contributed by atoms with Crippen LogP contribution in [0, 0.1) is 5.11 Å². The molecule has 0 fully saturated rings. The molecule has 0 N–H and O–H groups in total. The van der Waals surface area contributed by atoms with Gasteiger partial charge in [-0.1, -0.05) is 0 Å². The predicted molar refractivity (Wildman–Crippen MR) is 167 cm³/mol. The number of fused-ring (bicyclic) bond motifs is 2. The fourth-order valence-corrected chi connectivity index (χ4v) is 5.57. The second kappa shape index (κ2) is 10.5. The van der Waals surface area contributed by atoms with Gasteiger partial charge in [0.25, 0.3) is 0 Å². The summed E-state index contributed by atoms with van der Waals surface area (Å²) in [6, 6.07) is 43.9. The summed E-state index contributed by atoms with van der Waals surface area (Å²) in [6.45, 7) is 6.49. The molecule has 1 heteroatoms. The zero-order valence-electron chi connectivity index (χ0n) is 21.9. The third kappa shape index (κ3) is 4.31. The van der Waals surface area contributed by atoms with Crippen molar-refractivity contribution in [3.8, 4) is 33.4 Å². The van der Waals surface area contributed by atoms with Crippen molar-refractivity contribution in [2.24, 2.45) is 0 Å². The molecule has 38 heavy (non-hydrogen) atoms. The van der Waals surface area contributed by atoms with E-state index in [1.807, 2.05) is 0 Å². The number of rotatable bonds is 4. The number of benzene rings is 6. The Hall–Kier alpha value is -4.49. The van der Waals surface area contributed by atoms with E-state index < -0.39 is 0 Å². The number of allylic oxidation sites excluding steroid dienone is 2. The molecular formula is C37H29B. The molecule has 0 bridgehead atoms. The van der Waals surface area contributed by atoms with E-state index in [4.69, 9.17) is 0 Å². The average Bonchev–Trinajstić information content (AvgIpc) is 2.99. The molecule has 6 rings (SSSR count). The van der Waals surface area contributed by atoms with Gasteiger partial charge in [0.05, 0.1) is 0 Å². The number of hydrogen-bond donors (Lipinski definition) is 0. The fraction of sp³-hybridized carbons (Fsp3) is 0.0541. The summed E-state index contributed by atoms with van der Waals surface area (Å²) in [5.74, 6) is 0. The van der Waals surface area contributed by atoms with Crippen LogP contribution in [0.5, 0.6) is 0 Å². The van der Waals surface area contributed by atoms with Gasteiger partial charge in [0.1, 0.15) is 0 Å². The van der Waals surface area contributed by atoms with Crippen LogP contribution in [-0.2, 0) is 0 Å². The van der Waals surface area contributed by atoms with E-state index in [-0.39, 0.29) is 0 Å². The quantitative estimate of drug-likeness (QED) is 0.219. The minimum absolute atomic E-state index is 1.23. The van der Waals surface area contributed by atoms with Crippen molar-refractivity contribution < 1.29 is 0 Å². The van der Waals surface area contributed by atoms with Gasteiger partial charge < -0.3 is 0 Å². The van der Waals surface area contributed by atoms with Gasteiger partial charge in [0.2, 0.25) is 0 Å². The molecule has 0 radical (unpaired) electrons. The van der Waals surface area contributed by atoms with Gasteiger partial charge in [-0.15, -0.1) is 0 Å². The molecule has 0 aliphatic carbocycles. The first-order chi connectivity index (χ1) is 18.8. The summed E-state index contributed by atoms with van der Waals surface area (Å²) in [4.78, 5) is 0. The first kappa shape index (κ1) is 23.9. The molecule has 0 atom stereocenters. The third-order valence-electron chi connectivity index (χ3n) is 7.36.